The molecule has 0 amide bonds. The van der Waals surface area contributed by atoms with Crippen molar-refractivity contribution in [2.75, 3.05) is 11.5 Å². The quantitative estimate of drug-likeness (QED) is 0.480. The third-order valence-corrected chi connectivity index (χ3v) is 5.65. The van der Waals surface area contributed by atoms with Crippen LogP contribution >= 0.6 is 11.8 Å². The Morgan fingerprint density at radius 3 is 3.12 bits per heavy atom. The van der Waals surface area contributed by atoms with E-state index in [0.29, 0.717) is 18.3 Å². The van der Waals surface area contributed by atoms with E-state index < -0.39 is 0 Å². The standard InChI is InChI=1S/C21H27NO3S/c1-15(23)13-26-14-17-7-6-10-19(11-17)24-12-20-16(2)25-21(22-20)18-8-4-3-5-9-18/h4,8-9,11,19,23H,1,3,5-7,10,12-14H2,2H3. The van der Waals surface area contributed by atoms with Gasteiger partial charge in [-0.2, -0.15) is 0 Å². The summed E-state index contributed by atoms with van der Waals surface area (Å²) in [5.74, 6) is 3.27. The van der Waals surface area contributed by atoms with E-state index in [0.717, 1.165) is 54.9 Å². The van der Waals surface area contributed by atoms with Gasteiger partial charge in [0.1, 0.15) is 11.5 Å². The van der Waals surface area contributed by atoms with E-state index in [1.807, 2.05) is 6.92 Å². The monoisotopic (exact) mass is 373 g/mol. The maximum absolute atomic E-state index is 9.18. The number of hydrogen-bond acceptors (Lipinski definition) is 5. The molecule has 2 aliphatic rings. The van der Waals surface area contributed by atoms with Crippen LogP contribution in [0.2, 0.25) is 0 Å². The lowest BCUT2D eigenvalue weighted by Gasteiger charge is -2.21. The fourth-order valence-electron chi connectivity index (χ4n) is 3.15. The van der Waals surface area contributed by atoms with Gasteiger partial charge in [-0.3, -0.25) is 0 Å². The smallest absolute Gasteiger partial charge is 0.226 e. The van der Waals surface area contributed by atoms with Crippen LogP contribution in [0, 0.1) is 6.92 Å². The van der Waals surface area contributed by atoms with E-state index in [1.54, 1.807) is 11.8 Å². The largest absolute Gasteiger partial charge is 0.512 e. The molecule has 1 aromatic heterocycles. The molecule has 26 heavy (non-hydrogen) atoms. The summed E-state index contributed by atoms with van der Waals surface area (Å²) in [6.07, 6.45) is 14.2. The zero-order chi connectivity index (χ0) is 18.4. The summed E-state index contributed by atoms with van der Waals surface area (Å²) in [7, 11) is 0. The summed E-state index contributed by atoms with van der Waals surface area (Å²) in [4.78, 5) is 4.63. The molecule has 0 fully saturated rings. The van der Waals surface area contributed by atoms with E-state index >= 15 is 0 Å². The van der Waals surface area contributed by atoms with Gasteiger partial charge < -0.3 is 14.3 Å². The van der Waals surface area contributed by atoms with Gasteiger partial charge in [0, 0.05) is 11.3 Å². The van der Waals surface area contributed by atoms with Crippen molar-refractivity contribution < 1.29 is 14.3 Å². The van der Waals surface area contributed by atoms with Crippen LogP contribution in [0.5, 0.6) is 0 Å². The third kappa shape index (κ3) is 5.39. The molecular formula is C21H27NO3S. The van der Waals surface area contributed by atoms with E-state index in [-0.39, 0.29) is 11.9 Å². The van der Waals surface area contributed by atoms with Gasteiger partial charge in [-0.15, -0.1) is 11.8 Å². The Hall–Kier alpha value is -1.72. The number of allylic oxidation sites excluding steroid dienone is 4. The number of hydrogen-bond donors (Lipinski definition) is 1. The molecule has 0 bridgehead atoms. The molecule has 0 saturated carbocycles. The highest BCUT2D eigenvalue weighted by Crippen LogP contribution is 2.26. The normalized spacial score (nSPS) is 20.0. The van der Waals surface area contributed by atoms with Gasteiger partial charge in [0.2, 0.25) is 5.89 Å². The first kappa shape index (κ1) is 19.1. The van der Waals surface area contributed by atoms with Crippen molar-refractivity contribution in [2.45, 2.75) is 51.7 Å². The lowest BCUT2D eigenvalue weighted by Crippen LogP contribution is -2.15. The summed E-state index contributed by atoms with van der Waals surface area (Å²) in [5, 5.41) is 9.18. The number of thioether (sulfide) groups is 1. The van der Waals surface area contributed by atoms with E-state index in [9.17, 15) is 5.11 Å². The van der Waals surface area contributed by atoms with E-state index in [4.69, 9.17) is 9.15 Å². The molecule has 0 saturated heterocycles. The summed E-state index contributed by atoms with van der Waals surface area (Å²) >= 11 is 1.69. The number of ether oxygens (including phenoxy) is 1. The molecular weight excluding hydrogens is 346 g/mol. The molecule has 0 aliphatic heterocycles. The first-order chi connectivity index (χ1) is 12.6. The van der Waals surface area contributed by atoms with Gasteiger partial charge in [-0.05, 0) is 39.0 Å². The van der Waals surface area contributed by atoms with Gasteiger partial charge in [0.25, 0.3) is 0 Å². The van der Waals surface area contributed by atoms with E-state index in [1.165, 1.54) is 5.57 Å². The van der Waals surface area contributed by atoms with Crippen molar-refractivity contribution in [3.8, 4) is 0 Å². The number of aryl methyl sites for hydroxylation is 1. The van der Waals surface area contributed by atoms with Gasteiger partial charge in [0.05, 0.1) is 24.2 Å². The van der Waals surface area contributed by atoms with Crippen molar-refractivity contribution in [3.63, 3.8) is 0 Å². The highest BCUT2D eigenvalue weighted by atomic mass is 32.2. The van der Waals surface area contributed by atoms with Crippen molar-refractivity contribution in [3.05, 3.63) is 59.6 Å². The Bertz CT molecular complexity index is 730. The van der Waals surface area contributed by atoms with Crippen LogP contribution in [0.3, 0.4) is 0 Å². The number of aliphatic hydroxyl groups excluding tert-OH is 1. The predicted molar refractivity (Wildman–Crippen MR) is 107 cm³/mol. The van der Waals surface area contributed by atoms with Crippen LogP contribution in [-0.2, 0) is 11.3 Å². The van der Waals surface area contributed by atoms with Crippen LogP contribution in [0.25, 0.3) is 5.57 Å². The molecule has 3 rings (SSSR count). The minimum Gasteiger partial charge on any atom is -0.512 e. The fourth-order valence-corrected chi connectivity index (χ4v) is 4.00. The minimum atomic E-state index is 0.130. The SMILES string of the molecule is C=C(O)CSCC1=CC(OCc2nc(C3=CCCC=C3)oc2C)CCC1. The first-order valence-corrected chi connectivity index (χ1v) is 10.4. The zero-order valence-corrected chi connectivity index (χ0v) is 16.2. The Labute approximate surface area is 159 Å². The van der Waals surface area contributed by atoms with Crippen LogP contribution in [0.4, 0.5) is 0 Å². The fraction of sp³-hybridized carbons (Fsp3) is 0.476. The van der Waals surface area contributed by atoms with Crippen LogP contribution < -0.4 is 0 Å². The summed E-state index contributed by atoms with van der Waals surface area (Å²) in [5.41, 5.74) is 3.34. The van der Waals surface area contributed by atoms with Gasteiger partial charge in [0.15, 0.2) is 0 Å². The topological polar surface area (TPSA) is 55.5 Å². The maximum Gasteiger partial charge on any atom is 0.226 e. The second-order valence-corrected chi connectivity index (χ2v) is 7.77. The van der Waals surface area contributed by atoms with Crippen molar-refractivity contribution in [1.29, 1.82) is 0 Å². The number of aromatic nitrogens is 1. The Morgan fingerprint density at radius 1 is 1.46 bits per heavy atom. The number of nitrogens with zero attached hydrogens (tertiary/aromatic N) is 1. The first-order valence-electron chi connectivity index (χ1n) is 9.21. The van der Waals surface area contributed by atoms with Crippen LogP contribution in [0.15, 0.2) is 46.6 Å². The molecule has 1 atom stereocenters. The van der Waals surface area contributed by atoms with Crippen molar-refractivity contribution >= 4 is 17.3 Å². The molecule has 1 heterocycles. The second-order valence-electron chi connectivity index (χ2n) is 6.79. The molecule has 0 aromatic carbocycles. The third-order valence-electron chi connectivity index (χ3n) is 4.53. The van der Waals surface area contributed by atoms with Gasteiger partial charge in [-0.1, -0.05) is 36.5 Å². The molecule has 0 radical (unpaired) electrons. The van der Waals surface area contributed by atoms with E-state index in [2.05, 4.69) is 35.9 Å². The Balaban J connectivity index is 1.55. The van der Waals surface area contributed by atoms with Crippen LogP contribution in [-0.4, -0.2) is 27.7 Å². The molecule has 5 heteroatoms. The Morgan fingerprint density at radius 2 is 2.35 bits per heavy atom. The van der Waals surface area contributed by atoms with Crippen LogP contribution in [0.1, 0.15) is 49.4 Å². The Kier molecular flexibility index (Phi) is 6.80. The van der Waals surface area contributed by atoms with Crippen molar-refractivity contribution in [1.82, 2.24) is 4.98 Å². The molecule has 1 N–H and O–H groups in total. The highest BCUT2D eigenvalue weighted by Gasteiger charge is 2.17. The molecule has 140 valence electrons. The highest BCUT2D eigenvalue weighted by molar-refractivity contribution is 7.99. The average Bonchev–Trinajstić information content (AvgIpc) is 3.02. The molecule has 1 aromatic rings. The van der Waals surface area contributed by atoms with Crippen molar-refractivity contribution in [2.24, 2.45) is 0 Å². The zero-order valence-electron chi connectivity index (χ0n) is 15.4. The predicted octanol–water partition coefficient (Wildman–Crippen LogP) is 5.52. The minimum absolute atomic E-state index is 0.130. The second kappa shape index (κ2) is 9.28. The molecule has 2 aliphatic carbocycles. The number of rotatable bonds is 8. The molecule has 4 nitrogen and oxygen atoms in total. The van der Waals surface area contributed by atoms with Gasteiger partial charge in [-0.25, -0.2) is 4.98 Å². The summed E-state index contributed by atoms with van der Waals surface area (Å²) < 4.78 is 11.9. The maximum atomic E-state index is 9.18. The molecule has 1 unspecified atom stereocenters. The number of oxazole rings is 1. The average molecular weight is 374 g/mol. The van der Waals surface area contributed by atoms with Gasteiger partial charge >= 0.3 is 0 Å². The lowest BCUT2D eigenvalue weighted by atomic mass is 9.98. The molecule has 0 spiro atoms. The summed E-state index contributed by atoms with van der Waals surface area (Å²) in [6.45, 7) is 5.95. The lowest BCUT2D eigenvalue weighted by molar-refractivity contribution is 0.0591. The number of aliphatic hydroxyl groups is 1. The summed E-state index contributed by atoms with van der Waals surface area (Å²) in [6, 6.07) is 0.